The Morgan fingerprint density at radius 2 is 2.07 bits per heavy atom. The number of H-pyrrole nitrogens is 1. The normalized spacial score (nSPS) is 11.0. The molecule has 30 heavy (non-hydrogen) atoms. The number of hydrogen-bond acceptors (Lipinski definition) is 9. The van der Waals surface area contributed by atoms with Gasteiger partial charge in [0.05, 0.1) is 12.4 Å². The Morgan fingerprint density at radius 1 is 1.27 bits per heavy atom. The molecule has 1 aromatic carbocycles. The molecule has 2 N–H and O–H groups in total. The van der Waals surface area contributed by atoms with Crippen molar-refractivity contribution in [3.05, 3.63) is 45.7 Å². The van der Waals surface area contributed by atoms with E-state index in [0.717, 1.165) is 16.3 Å². The highest BCUT2D eigenvalue weighted by molar-refractivity contribution is 7.99. The first-order valence-corrected chi connectivity index (χ1v) is 10.8. The second-order valence-electron chi connectivity index (χ2n) is 6.06. The molecule has 10 nitrogen and oxygen atoms in total. The van der Waals surface area contributed by atoms with Gasteiger partial charge in [0, 0.05) is 11.6 Å². The van der Waals surface area contributed by atoms with Crippen molar-refractivity contribution in [1.82, 2.24) is 29.8 Å². The van der Waals surface area contributed by atoms with Crippen LogP contribution in [-0.2, 0) is 4.79 Å². The van der Waals surface area contributed by atoms with Crippen LogP contribution in [0.2, 0.25) is 0 Å². The van der Waals surface area contributed by atoms with Gasteiger partial charge >= 0.3 is 0 Å². The number of fused-ring (bicyclic) bond motifs is 1. The summed E-state index contributed by atoms with van der Waals surface area (Å²) in [6.45, 7) is 4.30. The summed E-state index contributed by atoms with van der Waals surface area (Å²) in [5, 5.41) is 14.7. The molecular weight excluding hydrogens is 426 g/mol. The second kappa shape index (κ2) is 8.63. The number of ether oxygens (including phenoxy) is 1. The van der Waals surface area contributed by atoms with Gasteiger partial charge in [0.25, 0.3) is 5.56 Å². The molecule has 3 heterocycles. The van der Waals surface area contributed by atoms with Gasteiger partial charge in [-0.3, -0.25) is 20.0 Å². The van der Waals surface area contributed by atoms with Crippen molar-refractivity contribution in [3.8, 4) is 17.1 Å². The summed E-state index contributed by atoms with van der Waals surface area (Å²) in [7, 11) is 0. The third-order valence-electron chi connectivity index (χ3n) is 3.85. The van der Waals surface area contributed by atoms with Gasteiger partial charge in [0.2, 0.25) is 11.0 Å². The number of thioether (sulfide) groups is 1. The topological polar surface area (TPSA) is 127 Å². The van der Waals surface area contributed by atoms with Crippen molar-refractivity contribution in [2.45, 2.75) is 19.0 Å². The van der Waals surface area contributed by atoms with Gasteiger partial charge in [-0.1, -0.05) is 23.1 Å². The van der Waals surface area contributed by atoms with E-state index in [1.54, 1.807) is 0 Å². The van der Waals surface area contributed by atoms with Crippen molar-refractivity contribution < 1.29 is 9.53 Å². The molecule has 0 unspecified atom stereocenters. The minimum Gasteiger partial charge on any atom is -0.494 e. The summed E-state index contributed by atoms with van der Waals surface area (Å²) in [5.41, 5.74) is 0.885. The molecule has 0 bridgehead atoms. The lowest BCUT2D eigenvalue weighted by atomic mass is 10.2. The predicted octanol–water partition coefficient (Wildman–Crippen LogP) is 2.37. The van der Waals surface area contributed by atoms with Gasteiger partial charge in [0.15, 0.2) is 16.6 Å². The van der Waals surface area contributed by atoms with E-state index in [2.05, 4.69) is 30.6 Å². The molecule has 0 aliphatic heterocycles. The average molecular weight is 444 g/mol. The zero-order chi connectivity index (χ0) is 21.1. The first-order chi connectivity index (χ1) is 14.5. The minimum absolute atomic E-state index is 0.0771. The number of aryl methyl sites for hydroxylation is 1. The third-order valence-corrected chi connectivity index (χ3v) is 5.55. The van der Waals surface area contributed by atoms with Crippen LogP contribution in [-0.4, -0.2) is 48.0 Å². The van der Waals surface area contributed by atoms with Gasteiger partial charge in [-0.15, -0.1) is 10.2 Å². The highest BCUT2D eigenvalue weighted by Crippen LogP contribution is 2.24. The molecule has 1 amide bonds. The SMILES string of the molecule is CCOc1ccc(-c2nc(SCC(=O)Nc3nnc(C)s3)n3[nH]c(=O)cc3n2)cc1. The average Bonchev–Trinajstić information content (AvgIpc) is 3.31. The number of benzene rings is 1. The van der Waals surface area contributed by atoms with E-state index in [-0.39, 0.29) is 17.2 Å². The Kier molecular flexibility index (Phi) is 5.77. The first-order valence-electron chi connectivity index (χ1n) is 8.97. The second-order valence-corrected chi connectivity index (χ2v) is 8.19. The van der Waals surface area contributed by atoms with Crippen molar-refractivity contribution in [2.24, 2.45) is 0 Å². The van der Waals surface area contributed by atoms with Crippen LogP contribution in [0, 0.1) is 6.92 Å². The molecule has 0 radical (unpaired) electrons. The zero-order valence-electron chi connectivity index (χ0n) is 16.1. The van der Waals surface area contributed by atoms with Crippen LogP contribution in [0.15, 0.2) is 40.3 Å². The number of hydrogen-bond donors (Lipinski definition) is 2. The standard InChI is InChI=1S/C18H17N7O3S2/c1-3-28-12-6-4-11(5-7-12)16-19-13-8-14(26)24-25(13)18(21-16)29-9-15(27)20-17-23-22-10(2)30-17/h4-8H,3,9H2,1-2H3,(H,24,26)(H,20,23,27). The van der Waals surface area contributed by atoms with E-state index < -0.39 is 0 Å². The molecule has 0 fully saturated rings. The monoisotopic (exact) mass is 443 g/mol. The Bertz CT molecular complexity index is 1250. The molecular formula is C18H17N7O3S2. The Morgan fingerprint density at radius 3 is 2.77 bits per heavy atom. The maximum absolute atomic E-state index is 12.3. The Balaban J connectivity index is 1.58. The van der Waals surface area contributed by atoms with E-state index in [4.69, 9.17) is 4.74 Å². The summed E-state index contributed by atoms with van der Waals surface area (Å²) >= 11 is 2.47. The van der Waals surface area contributed by atoms with Crippen LogP contribution < -0.4 is 15.6 Å². The van der Waals surface area contributed by atoms with E-state index in [1.165, 1.54) is 33.7 Å². The molecule has 3 aromatic heterocycles. The maximum atomic E-state index is 12.3. The molecule has 0 saturated carbocycles. The predicted molar refractivity (Wildman–Crippen MR) is 114 cm³/mol. The van der Waals surface area contributed by atoms with Crippen molar-refractivity contribution in [3.63, 3.8) is 0 Å². The molecule has 0 atom stereocenters. The first kappa shape index (κ1) is 20.0. The van der Waals surface area contributed by atoms with Gasteiger partial charge in [-0.05, 0) is 38.1 Å². The molecule has 0 spiro atoms. The number of carbonyl (C=O) groups excluding carboxylic acids is 1. The van der Waals surface area contributed by atoms with Gasteiger partial charge in [-0.2, -0.15) is 0 Å². The van der Waals surface area contributed by atoms with Crippen LogP contribution in [0.5, 0.6) is 5.75 Å². The smallest absolute Gasteiger partial charge is 0.266 e. The molecule has 0 aliphatic carbocycles. The summed E-state index contributed by atoms with van der Waals surface area (Å²) in [4.78, 5) is 33.1. The Hall–Kier alpha value is -3.25. The number of nitrogens with one attached hydrogen (secondary N) is 2. The number of aromatic nitrogens is 6. The van der Waals surface area contributed by atoms with Crippen LogP contribution in [0.1, 0.15) is 11.9 Å². The van der Waals surface area contributed by atoms with Crippen molar-refractivity contribution >= 4 is 39.8 Å². The van der Waals surface area contributed by atoms with E-state index >= 15 is 0 Å². The molecule has 4 aromatic rings. The number of anilines is 1. The molecule has 0 saturated heterocycles. The number of carbonyl (C=O) groups is 1. The fourth-order valence-corrected chi connectivity index (χ4v) is 3.97. The fraction of sp³-hybridized carbons (Fsp3) is 0.222. The fourth-order valence-electron chi connectivity index (χ4n) is 2.61. The van der Waals surface area contributed by atoms with E-state index in [1.807, 2.05) is 38.1 Å². The summed E-state index contributed by atoms with van der Waals surface area (Å²) in [6, 6.07) is 8.74. The maximum Gasteiger partial charge on any atom is 0.266 e. The minimum atomic E-state index is -0.302. The van der Waals surface area contributed by atoms with Crippen molar-refractivity contribution in [2.75, 3.05) is 17.7 Å². The molecule has 0 aliphatic rings. The molecule has 4 rings (SSSR count). The summed E-state index contributed by atoms with van der Waals surface area (Å²) < 4.78 is 6.93. The van der Waals surface area contributed by atoms with E-state index in [9.17, 15) is 9.59 Å². The number of aromatic amines is 1. The highest BCUT2D eigenvalue weighted by atomic mass is 32.2. The number of nitrogens with zero attached hydrogens (tertiary/aromatic N) is 5. The van der Waals surface area contributed by atoms with Crippen LogP contribution in [0.4, 0.5) is 5.13 Å². The highest BCUT2D eigenvalue weighted by Gasteiger charge is 2.14. The van der Waals surface area contributed by atoms with Crippen molar-refractivity contribution in [1.29, 1.82) is 0 Å². The quantitative estimate of drug-likeness (QED) is 0.417. The lowest BCUT2D eigenvalue weighted by Gasteiger charge is -2.08. The van der Waals surface area contributed by atoms with Crippen LogP contribution >= 0.6 is 23.1 Å². The number of rotatable bonds is 7. The van der Waals surface area contributed by atoms with Gasteiger partial charge in [-0.25, -0.2) is 14.5 Å². The molecule has 12 heteroatoms. The third kappa shape index (κ3) is 4.49. The van der Waals surface area contributed by atoms with E-state index in [0.29, 0.717) is 28.4 Å². The largest absolute Gasteiger partial charge is 0.494 e. The van der Waals surface area contributed by atoms with Gasteiger partial charge < -0.3 is 4.74 Å². The van der Waals surface area contributed by atoms with Crippen LogP contribution in [0.25, 0.3) is 17.0 Å². The summed E-state index contributed by atoms with van der Waals surface area (Å²) in [5.74, 6) is 1.02. The Labute approximate surface area is 178 Å². The summed E-state index contributed by atoms with van der Waals surface area (Å²) in [6.07, 6.45) is 0. The number of amides is 1. The van der Waals surface area contributed by atoms with Crippen LogP contribution in [0.3, 0.4) is 0 Å². The van der Waals surface area contributed by atoms with Gasteiger partial charge in [0.1, 0.15) is 10.8 Å². The molecule has 154 valence electrons. The lowest BCUT2D eigenvalue weighted by molar-refractivity contribution is -0.113. The zero-order valence-corrected chi connectivity index (χ0v) is 17.7. The lowest BCUT2D eigenvalue weighted by Crippen LogP contribution is -2.15.